The summed E-state index contributed by atoms with van der Waals surface area (Å²) in [5.74, 6) is 0. The summed E-state index contributed by atoms with van der Waals surface area (Å²) < 4.78 is 0. The quantitative estimate of drug-likeness (QED) is 0.415. The van der Waals surface area contributed by atoms with Gasteiger partial charge in [-0.3, -0.25) is 0 Å². The molecule has 0 N–H and O–H groups in total. The van der Waals surface area contributed by atoms with Gasteiger partial charge in [0.25, 0.3) is 0 Å². The van der Waals surface area contributed by atoms with E-state index in [1.54, 1.807) is 0 Å². The van der Waals surface area contributed by atoms with E-state index in [0.717, 1.165) is 12.8 Å². The van der Waals surface area contributed by atoms with Crippen LogP contribution >= 0.6 is 0 Å². The second-order valence-corrected chi connectivity index (χ2v) is 5.81. The van der Waals surface area contributed by atoms with Gasteiger partial charge in [-0.1, -0.05) is 48.6 Å². The Morgan fingerprint density at radius 1 is 0.750 bits per heavy atom. The van der Waals surface area contributed by atoms with Crippen LogP contribution in [0.3, 0.4) is 0 Å². The summed E-state index contributed by atoms with van der Waals surface area (Å²) in [5.41, 5.74) is 8.68. The molecule has 0 radical (unpaired) electrons. The van der Waals surface area contributed by atoms with Crippen LogP contribution in [0.25, 0.3) is 28.0 Å². The van der Waals surface area contributed by atoms with Crippen molar-refractivity contribution in [2.75, 3.05) is 0 Å². The van der Waals surface area contributed by atoms with E-state index in [1.807, 2.05) is 0 Å². The zero-order valence-corrected chi connectivity index (χ0v) is 11.2. The van der Waals surface area contributed by atoms with E-state index < -0.39 is 0 Å². The Bertz CT molecular complexity index is 897. The molecule has 3 aromatic rings. The molecular weight excluding hydrogens is 240 g/mol. The highest BCUT2D eigenvalue weighted by Crippen LogP contribution is 2.40. The molecule has 94 valence electrons. The van der Waals surface area contributed by atoms with Crippen LogP contribution in [0.2, 0.25) is 0 Å². The molecule has 0 bridgehead atoms. The Kier molecular flexibility index (Phi) is 1.88. The second-order valence-electron chi connectivity index (χ2n) is 5.81. The van der Waals surface area contributed by atoms with Gasteiger partial charge in [-0.2, -0.15) is 0 Å². The number of fused-ring (bicyclic) bond motifs is 6. The maximum absolute atomic E-state index is 2.42. The molecule has 0 aromatic heterocycles. The SMILES string of the molecule is C1=Cc2c(ccc3cc4c(cc23)Cc2ccccc2-4)C1. The van der Waals surface area contributed by atoms with Crippen LogP contribution in [0.4, 0.5) is 0 Å². The number of allylic oxidation sites excluding steroid dienone is 1. The Labute approximate surface area is 118 Å². The van der Waals surface area contributed by atoms with Crippen molar-refractivity contribution in [1.29, 1.82) is 0 Å². The highest BCUT2D eigenvalue weighted by Gasteiger charge is 2.19. The summed E-state index contributed by atoms with van der Waals surface area (Å²) in [6, 6.07) is 18.1. The Hall–Kier alpha value is -2.34. The van der Waals surface area contributed by atoms with Gasteiger partial charge in [0.1, 0.15) is 0 Å². The first-order chi connectivity index (χ1) is 9.90. The van der Waals surface area contributed by atoms with E-state index in [4.69, 9.17) is 0 Å². The first-order valence-corrected chi connectivity index (χ1v) is 7.23. The first-order valence-electron chi connectivity index (χ1n) is 7.23. The first kappa shape index (κ1) is 10.4. The summed E-state index contributed by atoms with van der Waals surface area (Å²) in [6.07, 6.45) is 6.72. The van der Waals surface area contributed by atoms with Gasteiger partial charge in [0, 0.05) is 0 Å². The normalized spacial score (nSPS) is 14.4. The van der Waals surface area contributed by atoms with Crippen LogP contribution in [0.1, 0.15) is 22.3 Å². The summed E-state index contributed by atoms with van der Waals surface area (Å²) >= 11 is 0. The summed E-state index contributed by atoms with van der Waals surface area (Å²) in [5, 5.41) is 2.79. The molecule has 2 aliphatic rings. The van der Waals surface area contributed by atoms with Gasteiger partial charge in [-0.05, 0) is 69.1 Å². The van der Waals surface area contributed by atoms with Gasteiger partial charge in [0.05, 0.1) is 0 Å². The van der Waals surface area contributed by atoms with Crippen molar-refractivity contribution in [1.82, 2.24) is 0 Å². The molecular formula is C20H14. The molecule has 0 amide bonds. The van der Waals surface area contributed by atoms with E-state index in [0.29, 0.717) is 0 Å². The highest BCUT2D eigenvalue weighted by atomic mass is 14.2. The fraction of sp³-hybridized carbons (Fsp3) is 0.100. The van der Waals surface area contributed by atoms with E-state index in [9.17, 15) is 0 Å². The summed E-state index contributed by atoms with van der Waals surface area (Å²) in [6.45, 7) is 0. The Morgan fingerprint density at radius 3 is 2.70 bits per heavy atom. The third-order valence-corrected chi connectivity index (χ3v) is 4.69. The van der Waals surface area contributed by atoms with Crippen molar-refractivity contribution in [3.8, 4) is 11.1 Å². The fourth-order valence-corrected chi connectivity index (χ4v) is 3.70. The number of rotatable bonds is 0. The minimum absolute atomic E-state index is 1.08. The van der Waals surface area contributed by atoms with E-state index >= 15 is 0 Å². The van der Waals surface area contributed by atoms with Gasteiger partial charge in [-0.15, -0.1) is 0 Å². The zero-order chi connectivity index (χ0) is 13.1. The fourth-order valence-electron chi connectivity index (χ4n) is 3.70. The molecule has 0 unspecified atom stereocenters. The molecule has 0 heteroatoms. The van der Waals surface area contributed by atoms with E-state index in [1.165, 1.54) is 44.2 Å². The van der Waals surface area contributed by atoms with Gasteiger partial charge < -0.3 is 0 Å². The highest BCUT2D eigenvalue weighted by molar-refractivity contribution is 5.98. The van der Waals surface area contributed by atoms with Crippen molar-refractivity contribution < 1.29 is 0 Å². The largest absolute Gasteiger partial charge is 0.0795 e. The Balaban J connectivity index is 1.86. The molecule has 0 aliphatic heterocycles. The lowest BCUT2D eigenvalue weighted by Gasteiger charge is -2.08. The number of hydrogen-bond donors (Lipinski definition) is 0. The molecule has 0 heterocycles. The minimum Gasteiger partial charge on any atom is -0.0795 e. The van der Waals surface area contributed by atoms with Crippen molar-refractivity contribution in [2.24, 2.45) is 0 Å². The van der Waals surface area contributed by atoms with Gasteiger partial charge in [-0.25, -0.2) is 0 Å². The average molecular weight is 254 g/mol. The second kappa shape index (κ2) is 3.61. The molecule has 0 nitrogen and oxygen atoms in total. The van der Waals surface area contributed by atoms with Crippen molar-refractivity contribution >= 4 is 16.8 Å². The van der Waals surface area contributed by atoms with Crippen molar-refractivity contribution in [3.05, 3.63) is 76.9 Å². The van der Waals surface area contributed by atoms with Crippen molar-refractivity contribution in [3.63, 3.8) is 0 Å². The van der Waals surface area contributed by atoms with Crippen LogP contribution < -0.4 is 0 Å². The standard InChI is InChI=1S/C20H14/c1-2-6-18-14(4-1)10-16-12-19-15(11-20(16)18)9-8-13-5-3-7-17(13)19/h1-4,6-9,11-12H,5,10H2. The van der Waals surface area contributed by atoms with Gasteiger partial charge in [0.2, 0.25) is 0 Å². The molecule has 0 atom stereocenters. The predicted octanol–water partition coefficient (Wildman–Crippen LogP) is 4.98. The lowest BCUT2D eigenvalue weighted by molar-refractivity contribution is 1.27. The molecule has 0 saturated heterocycles. The van der Waals surface area contributed by atoms with Crippen LogP contribution in [0.5, 0.6) is 0 Å². The monoisotopic (exact) mass is 254 g/mol. The molecule has 0 saturated carbocycles. The summed E-state index contributed by atoms with van der Waals surface area (Å²) in [4.78, 5) is 0. The van der Waals surface area contributed by atoms with Gasteiger partial charge in [0.15, 0.2) is 0 Å². The number of benzene rings is 3. The minimum atomic E-state index is 1.08. The third kappa shape index (κ3) is 1.26. The van der Waals surface area contributed by atoms with E-state index in [-0.39, 0.29) is 0 Å². The van der Waals surface area contributed by atoms with Gasteiger partial charge >= 0.3 is 0 Å². The van der Waals surface area contributed by atoms with E-state index in [2.05, 4.69) is 60.7 Å². The Morgan fingerprint density at radius 2 is 1.70 bits per heavy atom. The maximum atomic E-state index is 2.42. The van der Waals surface area contributed by atoms with Crippen LogP contribution in [0, 0.1) is 0 Å². The summed E-state index contributed by atoms with van der Waals surface area (Å²) in [7, 11) is 0. The molecule has 0 fully saturated rings. The lowest BCUT2D eigenvalue weighted by atomic mass is 9.96. The number of hydrogen-bond acceptors (Lipinski definition) is 0. The van der Waals surface area contributed by atoms with Crippen molar-refractivity contribution in [2.45, 2.75) is 12.8 Å². The van der Waals surface area contributed by atoms with Crippen LogP contribution in [-0.2, 0) is 12.8 Å². The molecule has 0 spiro atoms. The van der Waals surface area contributed by atoms with Crippen LogP contribution in [-0.4, -0.2) is 0 Å². The smallest absolute Gasteiger partial charge is 0.00132 e. The predicted molar refractivity (Wildman–Crippen MR) is 84.9 cm³/mol. The zero-order valence-electron chi connectivity index (χ0n) is 11.2. The topological polar surface area (TPSA) is 0 Å². The molecule has 3 aromatic carbocycles. The molecule has 20 heavy (non-hydrogen) atoms. The molecule has 2 aliphatic carbocycles. The van der Waals surface area contributed by atoms with Crippen LogP contribution in [0.15, 0.2) is 54.6 Å². The third-order valence-electron chi connectivity index (χ3n) is 4.69. The average Bonchev–Trinajstić information content (AvgIpc) is 3.09. The molecule has 5 rings (SSSR count). The maximum Gasteiger partial charge on any atom is -0.00132 e. The lowest BCUT2D eigenvalue weighted by Crippen LogP contribution is -1.87.